The Morgan fingerprint density at radius 3 is 2.05 bits per heavy atom. The van der Waals surface area contributed by atoms with Crippen LogP contribution in [0.25, 0.3) is 63.6 Å². The normalized spacial score (nSPS) is 12.7. The van der Waals surface area contributed by atoms with Gasteiger partial charge in [-0.1, -0.05) is 140 Å². The molecule has 10 aromatic rings. The van der Waals surface area contributed by atoms with E-state index in [1.807, 2.05) is 42.6 Å². The number of nitrogens with one attached hydrogen (secondary N) is 1. The lowest BCUT2D eigenvalue weighted by molar-refractivity contribution is 1.29. The molecule has 0 amide bonds. The van der Waals surface area contributed by atoms with E-state index in [0.717, 1.165) is 49.2 Å². The molecule has 11 rings (SSSR count). The number of amidine groups is 2. The third-order valence-electron chi connectivity index (χ3n) is 10.9. The van der Waals surface area contributed by atoms with Crippen molar-refractivity contribution in [3.8, 4) is 11.1 Å². The highest BCUT2D eigenvalue weighted by atomic mass is 32.1. The number of benzene rings is 9. The summed E-state index contributed by atoms with van der Waals surface area (Å²) in [5.74, 6) is 0.651. The standard InChI is InChI=1S/C51H32N4S/c52-50(37-24-25-42-41-20-8-9-23-47(41)56-48(42)30-37)54-51(33-12-2-1-3-13-33)53-31-38-27-39(26-36-16-6-7-19-40(36)38)55-45-22-11-18-32-17-10-21-43(49(32)45)44-28-34-14-4-5-15-35(34)29-46(44)55/h1-31,52H. The van der Waals surface area contributed by atoms with Crippen molar-refractivity contribution in [2.75, 3.05) is 4.90 Å². The van der Waals surface area contributed by atoms with Crippen LogP contribution >= 0.6 is 11.3 Å². The van der Waals surface area contributed by atoms with Gasteiger partial charge in [0.05, 0.1) is 11.4 Å². The van der Waals surface area contributed by atoms with Gasteiger partial charge in [0, 0.05) is 59.7 Å². The van der Waals surface area contributed by atoms with Gasteiger partial charge in [0.15, 0.2) is 11.7 Å². The Labute approximate surface area is 327 Å². The number of fused-ring (bicyclic) bond motifs is 7. The highest BCUT2D eigenvalue weighted by Gasteiger charge is 2.27. The molecule has 262 valence electrons. The van der Waals surface area contributed by atoms with Crippen molar-refractivity contribution in [3.63, 3.8) is 0 Å². The summed E-state index contributed by atoms with van der Waals surface area (Å²) >= 11 is 1.74. The summed E-state index contributed by atoms with van der Waals surface area (Å²) in [5.41, 5.74) is 8.36. The Morgan fingerprint density at radius 1 is 0.500 bits per heavy atom. The van der Waals surface area contributed by atoms with Gasteiger partial charge in [0.2, 0.25) is 0 Å². The SMILES string of the molecule is N=C(N=C(N=Cc1cc(N2c3cc4ccccc4cc3-c3cccc4cccc2c34)cc2ccccc12)c1ccccc1)c1ccc2c(c1)sc1ccccc12. The van der Waals surface area contributed by atoms with Gasteiger partial charge in [0.1, 0.15) is 0 Å². The lowest BCUT2D eigenvalue weighted by atomic mass is 9.89. The van der Waals surface area contributed by atoms with Crippen LogP contribution in [0.3, 0.4) is 0 Å². The zero-order valence-corrected chi connectivity index (χ0v) is 31.0. The molecule has 2 heterocycles. The van der Waals surface area contributed by atoms with E-state index in [1.54, 1.807) is 11.3 Å². The Morgan fingerprint density at radius 2 is 1.20 bits per heavy atom. The number of hydrogen-bond donors (Lipinski definition) is 1. The van der Waals surface area contributed by atoms with Gasteiger partial charge in [-0.25, -0.2) is 9.98 Å². The van der Waals surface area contributed by atoms with Crippen molar-refractivity contribution in [1.29, 1.82) is 5.41 Å². The van der Waals surface area contributed by atoms with E-state index in [9.17, 15) is 5.41 Å². The minimum Gasteiger partial charge on any atom is -0.309 e. The average molecular weight is 733 g/mol. The number of anilines is 3. The molecule has 0 saturated heterocycles. The van der Waals surface area contributed by atoms with Crippen LogP contribution in [0.5, 0.6) is 0 Å². The fourth-order valence-corrected chi connectivity index (χ4v) is 9.40. The first-order valence-electron chi connectivity index (χ1n) is 18.7. The monoisotopic (exact) mass is 732 g/mol. The minimum atomic E-state index is 0.169. The molecule has 5 heteroatoms. The molecule has 1 N–H and O–H groups in total. The topological polar surface area (TPSA) is 51.8 Å². The summed E-state index contributed by atoms with van der Waals surface area (Å²) in [4.78, 5) is 12.4. The van der Waals surface area contributed by atoms with Crippen molar-refractivity contribution in [2.24, 2.45) is 9.98 Å². The number of aliphatic imine (C=N–C) groups is 2. The molecule has 0 spiro atoms. The second kappa shape index (κ2) is 13.0. The summed E-state index contributed by atoms with van der Waals surface area (Å²) in [5, 5.41) is 18.7. The van der Waals surface area contributed by atoms with Gasteiger partial charge in [-0.2, -0.15) is 0 Å². The van der Waals surface area contributed by atoms with Gasteiger partial charge >= 0.3 is 0 Å². The second-order valence-corrected chi connectivity index (χ2v) is 15.3. The summed E-state index contributed by atoms with van der Waals surface area (Å²) in [7, 11) is 0. The molecule has 1 aromatic heterocycles. The van der Waals surface area contributed by atoms with E-state index in [4.69, 9.17) is 9.98 Å². The number of thiophene rings is 1. The predicted octanol–water partition coefficient (Wildman–Crippen LogP) is 13.9. The van der Waals surface area contributed by atoms with Crippen molar-refractivity contribution in [2.45, 2.75) is 0 Å². The van der Waals surface area contributed by atoms with Crippen molar-refractivity contribution in [1.82, 2.24) is 0 Å². The second-order valence-electron chi connectivity index (χ2n) is 14.2. The highest BCUT2D eigenvalue weighted by Crippen LogP contribution is 2.52. The van der Waals surface area contributed by atoms with Crippen LogP contribution in [-0.4, -0.2) is 17.9 Å². The molecule has 0 bridgehead atoms. The van der Waals surface area contributed by atoms with E-state index in [-0.39, 0.29) is 5.84 Å². The zero-order valence-electron chi connectivity index (χ0n) is 30.1. The van der Waals surface area contributed by atoms with Gasteiger partial charge < -0.3 is 4.90 Å². The van der Waals surface area contributed by atoms with Crippen LogP contribution in [0, 0.1) is 5.41 Å². The van der Waals surface area contributed by atoms with Gasteiger partial charge in [-0.05, 0) is 75.0 Å². The number of nitrogens with zero attached hydrogens (tertiary/aromatic N) is 3. The molecular formula is C51H32N4S. The van der Waals surface area contributed by atoms with E-state index in [1.165, 1.54) is 48.1 Å². The fraction of sp³-hybridized carbons (Fsp3) is 0. The fourth-order valence-electron chi connectivity index (χ4n) is 8.26. The molecule has 0 atom stereocenters. The summed E-state index contributed by atoms with van der Waals surface area (Å²) in [6.07, 6.45) is 1.92. The van der Waals surface area contributed by atoms with E-state index in [0.29, 0.717) is 5.84 Å². The lowest BCUT2D eigenvalue weighted by Crippen LogP contribution is -2.15. The Kier molecular flexibility index (Phi) is 7.47. The molecule has 0 fully saturated rings. The molecule has 1 aliphatic rings. The first-order chi connectivity index (χ1) is 27.7. The summed E-state index contributed by atoms with van der Waals surface area (Å²) in [6, 6.07) is 64.0. The molecule has 0 aliphatic carbocycles. The van der Waals surface area contributed by atoms with Crippen LogP contribution in [-0.2, 0) is 0 Å². The zero-order chi connectivity index (χ0) is 37.2. The molecule has 1 aliphatic heterocycles. The Hall–Kier alpha value is -7.21. The third kappa shape index (κ3) is 5.32. The summed E-state index contributed by atoms with van der Waals surface area (Å²) in [6.45, 7) is 0. The largest absolute Gasteiger partial charge is 0.309 e. The highest BCUT2D eigenvalue weighted by molar-refractivity contribution is 7.25. The predicted molar refractivity (Wildman–Crippen MR) is 239 cm³/mol. The number of rotatable bonds is 4. The van der Waals surface area contributed by atoms with Crippen molar-refractivity contribution < 1.29 is 0 Å². The molecule has 0 unspecified atom stereocenters. The first-order valence-corrected chi connectivity index (χ1v) is 19.5. The van der Waals surface area contributed by atoms with Crippen molar-refractivity contribution in [3.05, 3.63) is 199 Å². The Balaban J connectivity index is 1.06. The quantitative estimate of drug-likeness (QED) is 0.142. The van der Waals surface area contributed by atoms with E-state index in [2.05, 4.69) is 150 Å². The van der Waals surface area contributed by atoms with Gasteiger partial charge in [-0.3, -0.25) is 5.41 Å². The lowest BCUT2D eigenvalue weighted by Gasteiger charge is -2.34. The molecule has 4 nitrogen and oxygen atoms in total. The maximum Gasteiger partial charge on any atom is 0.161 e. The van der Waals surface area contributed by atoms with Crippen molar-refractivity contribution >= 4 is 98.8 Å². The van der Waals surface area contributed by atoms with Crippen LogP contribution in [0.15, 0.2) is 192 Å². The minimum absolute atomic E-state index is 0.169. The molecular weight excluding hydrogens is 701 g/mol. The third-order valence-corrected chi connectivity index (χ3v) is 12.0. The van der Waals surface area contributed by atoms with Crippen LogP contribution in [0.1, 0.15) is 16.7 Å². The van der Waals surface area contributed by atoms with Crippen LogP contribution in [0.4, 0.5) is 17.1 Å². The average Bonchev–Trinajstić information content (AvgIpc) is 3.63. The maximum absolute atomic E-state index is 9.18. The molecule has 9 aromatic carbocycles. The van der Waals surface area contributed by atoms with E-state index >= 15 is 0 Å². The molecule has 0 radical (unpaired) electrons. The van der Waals surface area contributed by atoms with Gasteiger partial charge in [0.25, 0.3) is 0 Å². The molecule has 56 heavy (non-hydrogen) atoms. The van der Waals surface area contributed by atoms with Crippen LogP contribution < -0.4 is 4.90 Å². The van der Waals surface area contributed by atoms with Gasteiger partial charge in [-0.15, -0.1) is 11.3 Å². The van der Waals surface area contributed by atoms with E-state index < -0.39 is 0 Å². The molecule has 0 saturated carbocycles. The van der Waals surface area contributed by atoms with Crippen LogP contribution in [0.2, 0.25) is 0 Å². The number of hydrogen-bond acceptors (Lipinski definition) is 3. The first kappa shape index (κ1) is 32.2. The smallest absolute Gasteiger partial charge is 0.161 e. The Bertz CT molecular complexity index is 3280. The summed E-state index contributed by atoms with van der Waals surface area (Å²) < 4.78 is 2.38. The maximum atomic E-state index is 9.18.